The molecule has 1 saturated heterocycles. The lowest BCUT2D eigenvalue weighted by Crippen LogP contribution is -2.45. The van der Waals surface area contributed by atoms with E-state index in [1.165, 1.54) is 10.2 Å². The minimum absolute atomic E-state index is 0.115. The molecule has 0 saturated carbocycles. The Morgan fingerprint density at radius 2 is 1.67 bits per heavy atom. The Morgan fingerprint density at radius 1 is 1.03 bits per heavy atom. The predicted molar refractivity (Wildman–Crippen MR) is 119 cm³/mol. The van der Waals surface area contributed by atoms with E-state index in [0.717, 1.165) is 32.5 Å². The Bertz CT molecular complexity index is 1080. The average Bonchev–Trinajstić information content (AvgIpc) is 2.76. The molecule has 0 aliphatic carbocycles. The van der Waals surface area contributed by atoms with Crippen molar-refractivity contribution in [3.63, 3.8) is 0 Å². The average molecular weight is 405 g/mol. The number of fused-ring (bicyclic) bond motifs is 1. The highest BCUT2D eigenvalue weighted by Gasteiger charge is 2.24. The SMILES string of the molecule is CC(C)n1nc(C(=O)NC2CCN(Cc3ccccc3)CC2)c2ccccc2c1=O. The van der Waals surface area contributed by atoms with Crippen molar-refractivity contribution in [2.45, 2.75) is 45.3 Å². The van der Waals surface area contributed by atoms with E-state index < -0.39 is 0 Å². The number of amides is 1. The van der Waals surface area contributed by atoms with Crippen LogP contribution in [0.15, 0.2) is 59.4 Å². The second-order valence-electron chi connectivity index (χ2n) is 8.25. The number of carbonyl (C=O) groups is 1. The van der Waals surface area contributed by atoms with Crippen molar-refractivity contribution in [2.75, 3.05) is 13.1 Å². The van der Waals surface area contributed by atoms with E-state index in [0.29, 0.717) is 16.5 Å². The van der Waals surface area contributed by atoms with Gasteiger partial charge in [-0.1, -0.05) is 48.5 Å². The smallest absolute Gasteiger partial charge is 0.274 e. The van der Waals surface area contributed by atoms with Crippen LogP contribution < -0.4 is 10.9 Å². The first-order valence-electron chi connectivity index (χ1n) is 10.6. The van der Waals surface area contributed by atoms with E-state index >= 15 is 0 Å². The summed E-state index contributed by atoms with van der Waals surface area (Å²) in [7, 11) is 0. The minimum atomic E-state index is -0.206. The molecule has 1 N–H and O–H groups in total. The molecule has 0 bridgehead atoms. The van der Waals surface area contributed by atoms with Crippen LogP contribution in [-0.4, -0.2) is 39.7 Å². The first-order chi connectivity index (χ1) is 14.5. The zero-order valence-electron chi connectivity index (χ0n) is 17.5. The molecule has 156 valence electrons. The fraction of sp³-hybridized carbons (Fsp3) is 0.375. The van der Waals surface area contributed by atoms with Gasteiger partial charge in [-0.3, -0.25) is 14.5 Å². The van der Waals surface area contributed by atoms with Crippen LogP contribution in [-0.2, 0) is 6.54 Å². The Kier molecular flexibility index (Phi) is 5.95. The molecule has 1 fully saturated rings. The van der Waals surface area contributed by atoms with Crippen LogP contribution in [0.3, 0.4) is 0 Å². The van der Waals surface area contributed by atoms with E-state index in [4.69, 9.17) is 0 Å². The Hall–Kier alpha value is -2.99. The lowest BCUT2D eigenvalue weighted by molar-refractivity contribution is 0.0903. The lowest BCUT2D eigenvalue weighted by Gasteiger charge is -2.32. The van der Waals surface area contributed by atoms with Gasteiger partial charge in [0.15, 0.2) is 5.69 Å². The highest BCUT2D eigenvalue weighted by molar-refractivity contribution is 6.04. The normalized spacial score (nSPS) is 15.6. The largest absolute Gasteiger partial charge is 0.348 e. The number of piperidine rings is 1. The Morgan fingerprint density at radius 3 is 2.33 bits per heavy atom. The number of aromatic nitrogens is 2. The van der Waals surface area contributed by atoms with Crippen molar-refractivity contribution < 1.29 is 4.79 Å². The van der Waals surface area contributed by atoms with E-state index in [1.54, 1.807) is 12.1 Å². The monoisotopic (exact) mass is 404 g/mol. The molecule has 1 aliphatic heterocycles. The van der Waals surface area contributed by atoms with Crippen LogP contribution in [0, 0.1) is 0 Å². The van der Waals surface area contributed by atoms with Gasteiger partial charge in [0.2, 0.25) is 0 Å². The van der Waals surface area contributed by atoms with E-state index in [1.807, 2.05) is 32.0 Å². The summed E-state index contributed by atoms with van der Waals surface area (Å²) in [5.41, 5.74) is 1.48. The van der Waals surface area contributed by atoms with Crippen molar-refractivity contribution in [3.05, 3.63) is 76.2 Å². The summed E-state index contributed by atoms with van der Waals surface area (Å²) in [6, 6.07) is 17.7. The maximum atomic E-state index is 13.1. The van der Waals surface area contributed by atoms with E-state index in [2.05, 4.69) is 39.6 Å². The van der Waals surface area contributed by atoms with Crippen LogP contribution in [0.4, 0.5) is 0 Å². The number of likely N-dealkylation sites (tertiary alicyclic amines) is 1. The predicted octanol–water partition coefficient (Wildman–Crippen LogP) is 3.37. The Balaban J connectivity index is 1.47. The first-order valence-corrected chi connectivity index (χ1v) is 10.6. The number of benzene rings is 2. The molecule has 0 atom stereocenters. The van der Waals surface area contributed by atoms with E-state index in [9.17, 15) is 9.59 Å². The van der Waals surface area contributed by atoms with Crippen LogP contribution in [0.2, 0.25) is 0 Å². The van der Waals surface area contributed by atoms with Gasteiger partial charge in [-0.05, 0) is 38.3 Å². The summed E-state index contributed by atoms with van der Waals surface area (Å²) in [6.45, 7) is 6.62. The summed E-state index contributed by atoms with van der Waals surface area (Å²) in [6.07, 6.45) is 1.81. The number of hydrogen-bond donors (Lipinski definition) is 1. The van der Waals surface area contributed by atoms with Crippen molar-refractivity contribution in [1.29, 1.82) is 0 Å². The van der Waals surface area contributed by atoms with Gasteiger partial charge in [0, 0.05) is 31.1 Å². The second kappa shape index (κ2) is 8.79. The van der Waals surface area contributed by atoms with Gasteiger partial charge in [0.1, 0.15) is 0 Å². The highest BCUT2D eigenvalue weighted by atomic mass is 16.2. The van der Waals surface area contributed by atoms with Gasteiger partial charge in [0.05, 0.1) is 11.4 Å². The fourth-order valence-corrected chi connectivity index (χ4v) is 4.06. The van der Waals surface area contributed by atoms with Crippen LogP contribution in [0.5, 0.6) is 0 Å². The number of nitrogens with zero attached hydrogens (tertiary/aromatic N) is 3. The zero-order valence-corrected chi connectivity index (χ0v) is 17.5. The van der Waals surface area contributed by atoms with Crippen molar-refractivity contribution in [1.82, 2.24) is 20.0 Å². The molecule has 1 aliphatic rings. The molecule has 3 aromatic rings. The minimum Gasteiger partial charge on any atom is -0.348 e. The quantitative estimate of drug-likeness (QED) is 0.708. The standard InChI is InChI=1S/C24H28N4O2/c1-17(2)28-24(30)21-11-7-6-10-20(21)22(26-28)23(29)25-19-12-14-27(15-13-19)16-18-8-4-3-5-9-18/h3-11,17,19H,12-16H2,1-2H3,(H,25,29). The topological polar surface area (TPSA) is 67.2 Å². The summed E-state index contributed by atoms with van der Waals surface area (Å²) in [5.74, 6) is -0.206. The van der Waals surface area contributed by atoms with Gasteiger partial charge in [-0.15, -0.1) is 0 Å². The van der Waals surface area contributed by atoms with Crippen molar-refractivity contribution in [3.8, 4) is 0 Å². The van der Waals surface area contributed by atoms with Gasteiger partial charge in [-0.25, -0.2) is 4.68 Å². The molecule has 4 rings (SSSR count). The molecular formula is C24H28N4O2. The molecule has 1 amide bonds. The van der Waals surface area contributed by atoms with Crippen molar-refractivity contribution >= 4 is 16.7 Å². The fourth-order valence-electron chi connectivity index (χ4n) is 4.06. The first kappa shape index (κ1) is 20.3. The molecule has 0 spiro atoms. The summed E-state index contributed by atoms with van der Waals surface area (Å²) < 4.78 is 1.40. The summed E-state index contributed by atoms with van der Waals surface area (Å²) >= 11 is 0. The molecule has 6 heteroatoms. The lowest BCUT2D eigenvalue weighted by atomic mass is 10.0. The van der Waals surface area contributed by atoms with Gasteiger partial charge >= 0.3 is 0 Å². The number of hydrogen-bond acceptors (Lipinski definition) is 4. The molecule has 1 aromatic heterocycles. The molecular weight excluding hydrogens is 376 g/mol. The number of carbonyl (C=O) groups excluding carboxylic acids is 1. The third-order valence-electron chi connectivity index (χ3n) is 5.70. The maximum absolute atomic E-state index is 13.1. The van der Waals surface area contributed by atoms with Crippen LogP contribution in [0.1, 0.15) is 48.8 Å². The molecule has 2 aromatic carbocycles. The molecule has 0 radical (unpaired) electrons. The van der Waals surface area contributed by atoms with E-state index in [-0.39, 0.29) is 23.6 Å². The second-order valence-corrected chi connectivity index (χ2v) is 8.25. The third-order valence-corrected chi connectivity index (χ3v) is 5.70. The van der Waals surface area contributed by atoms with Crippen LogP contribution >= 0.6 is 0 Å². The summed E-state index contributed by atoms with van der Waals surface area (Å²) in [4.78, 5) is 28.2. The molecule has 30 heavy (non-hydrogen) atoms. The highest BCUT2D eigenvalue weighted by Crippen LogP contribution is 2.17. The van der Waals surface area contributed by atoms with Crippen molar-refractivity contribution in [2.24, 2.45) is 0 Å². The third kappa shape index (κ3) is 4.28. The van der Waals surface area contributed by atoms with Gasteiger partial charge in [0.25, 0.3) is 11.5 Å². The zero-order chi connectivity index (χ0) is 21.1. The Labute approximate surface area is 176 Å². The number of rotatable bonds is 5. The summed E-state index contributed by atoms with van der Waals surface area (Å²) in [5, 5.41) is 8.71. The molecule has 2 heterocycles. The number of nitrogens with one attached hydrogen (secondary N) is 1. The molecule has 0 unspecified atom stereocenters. The van der Waals surface area contributed by atoms with Crippen LogP contribution in [0.25, 0.3) is 10.8 Å². The van der Waals surface area contributed by atoms with Gasteiger partial charge in [-0.2, -0.15) is 5.10 Å². The van der Waals surface area contributed by atoms with Gasteiger partial charge < -0.3 is 5.32 Å². The molecule has 6 nitrogen and oxygen atoms in total. The maximum Gasteiger partial charge on any atom is 0.274 e.